The molecule has 2 aromatic carbocycles. The number of nitrogens with one attached hydrogen (secondary N) is 2. The molecule has 0 fully saturated rings. The van der Waals surface area contributed by atoms with Gasteiger partial charge >= 0.3 is 18.1 Å². The molecule has 1 atom stereocenters. The number of anilines is 2. The Morgan fingerprint density at radius 2 is 1.62 bits per heavy atom. The summed E-state index contributed by atoms with van der Waals surface area (Å²) >= 11 is 0. The van der Waals surface area contributed by atoms with Crippen molar-refractivity contribution in [1.82, 2.24) is 25.3 Å². The molecule has 2 amide bonds. The third kappa shape index (κ3) is 10.6. The van der Waals surface area contributed by atoms with Gasteiger partial charge in [0.1, 0.15) is 23.0 Å². The molecule has 17 heteroatoms. The van der Waals surface area contributed by atoms with Gasteiger partial charge in [0.2, 0.25) is 5.95 Å². The van der Waals surface area contributed by atoms with Crippen molar-refractivity contribution in [3.63, 3.8) is 0 Å². The Morgan fingerprint density at radius 1 is 1.00 bits per heavy atom. The summed E-state index contributed by atoms with van der Waals surface area (Å²) in [4.78, 5) is 65.8. The van der Waals surface area contributed by atoms with Gasteiger partial charge in [-0.3, -0.25) is 24.3 Å². The number of ether oxygens (including phenoxy) is 2. The van der Waals surface area contributed by atoms with Crippen LogP contribution in [0.25, 0.3) is 11.2 Å². The molecule has 50 heavy (non-hydrogen) atoms. The van der Waals surface area contributed by atoms with Crippen LogP contribution in [0.15, 0.2) is 59.4 Å². The predicted molar refractivity (Wildman–Crippen MR) is 181 cm³/mol. The van der Waals surface area contributed by atoms with Crippen molar-refractivity contribution in [2.24, 2.45) is 0 Å². The highest BCUT2D eigenvalue weighted by Crippen LogP contribution is 2.26. The quantitative estimate of drug-likeness (QED) is 0.205. The number of aromatic amines is 1. The van der Waals surface area contributed by atoms with Crippen LogP contribution in [-0.4, -0.2) is 61.1 Å². The number of amides is 2. The van der Waals surface area contributed by atoms with E-state index < -0.39 is 83.9 Å². The van der Waals surface area contributed by atoms with Crippen molar-refractivity contribution in [3.8, 4) is 5.75 Å². The molecule has 4 rings (SSSR count). The Hall–Kier alpha value is -5.25. The van der Waals surface area contributed by atoms with Crippen molar-refractivity contribution < 1.29 is 42.5 Å². The molecule has 2 aromatic heterocycles. The minimum atomic E-state index is -5.34. The number of carbonyl (C=O) groups is 3. The van der Waals surface area contributed by atoms with E-state index in [2.05, 4.69) is 25.3 Å². The molecule has 4 N–H and O–H groups in total. The number of H-pyrrole nitrogens is 1. The number of halogens is 4. The Morgan fingerprint density at radius 3 is 2.18 bits per heavy atom. The van der Waals surface area contributed by atoms with E-state index in [4.69, 9.17) is 20.7 Å². The molecule has 13 nitrogen and oxygen atoms in total. The summed E-state index contributed by atoms with van der Waals surface area (Å²) in [5.74, 6) is -4.73. The van der Waals surface area contributed by atoms with Crippen LogP contribution >= 0.6 is 12.4 Å². The number of benzene rings is 2. The second-order valence-corrected chi connectivity index (χ2v) is 12.7. The summed E-state index contributed by atoms with van der Waals surface area (Å²) < 4.78 is 86.1. The topological polar surface area (TPSA) is 182 Å². The van der Waals surface area contributed by atoms with E-state index >= 15 is 0 Å². The molecule has 0 saturated heterocycles. The van der Waals surface area contributed by atoms with Gasteiger partial charge in [0, 0.05) is 17.7 Å². The van der Waals surface area contributed by atoms with Crippen molar-refractivity contribution >= 4 is 53.0 Å². The number of hydrogen-bond donors (Lipinski definition) is 3. The molecular formula is C33H37ClF3N7O6. The third-order valence-electron chi connectivity index (χ3n) is 6.20. The molecule has 0 aliphatic heterocycles. The SMILES string of the molecule is Cl.[2H]c1c([2H])c(OC(C)(C)C)c([2H])c([2H])c1C[C@H](NC(=O)c1ccc(N(Cc2cnc3nc(N)[nH]c(=O)c3n2)C(=O)C(F)(F)F)cc1)C(=O)OC(C)(C)C. The number of esters is 1. The van der Waals surface area contributed by atoms with Crippen LogP contribution in [0, 0.1) is 0 Å². The second kappa shape index (κ2) is 15.1. The van der Waals surface area contributed by atoms with E-state index in [0.717, 1.165) is 30.5 Å². The van der Waals surface area contributed by atoms with Crippen LogP contribution in [0.5, 0.6) is 5.75 Å². The smallest absolute Gasteiger partial charge is 0.471 e. The van der Waals surface area contributed by atoms with Crippen LogP contribution in [0.4, 0.5) is 24.8 Å². The minimum absolute atomic E-state index is 0. The summed E-state index contributed by atoms with van der Waals surface area (Å²) in [5, 5.41) is 2.45. The molecule has 0 saturated carbocycles. The number of nitrogens with zero attached hydrogens (tertiary/aromatic N) is 4. The monoisotopic (exact) mass is 723 g/mol. The zero-order chi connectivity index (χ0) is 39.8. The van der Waals surface area contributed by atoms with Crippen molar-refractivity contribution in [3.05, 3.63) is 81.8 Å². The predicted octanol–water partition coefficient (Wildman–Crippen LogP) is 4.67. The first-order valence-corrected chi connectivity index (χ1v) is 14.7. The van der Waals surface area contributed by atoms with Crippen molar-refractivity contribution in [1.29, 1.82) is 0 Å². The molecule has 268 valence electrons. The van der Waals surface area contributed by atoms with E-state index in [1.807, 2.05) is 0 Å². The third-order valence-corrected chi connectivity index (χ3v) is 6.20. The minimum Gasteiger partial charge on any atom is -0.488 e. The Labute approximate surface area is 296 Å². The average Bonchev–Trinajstić information content (AvgIpc) is 3.04. The summed E-state index contributed by atoms with van der Waals surface area (Å²) in [6, 6.07) is 0.702. The van der Waals surface area contributed by atoms with Crippen molar-refractivity contribution in [2.75, 3.05) is 10.6 Å². The van der Waals surface area contributed by atoms with E-state index in [1.165, 1.54) is 0 Å². The van der Waals surface area contributed by atoms with Gasteiger partial charge in [-0.25, -0.2) is 14.8 Å². The van der Waals surface area contributed by atoms with E-state index in [0.29, 0.717) is 4.90 Å². The van der Waals surface area contributed by atoms with Crippen LogP contribution in [-0.2, 0) is 27.3 Å². The molecule has 0 aliphatic carbocycles. The maximum absolute atomic E-state index is 13.7. The van der Waals surface area contributed by atoms with Gasteiger partial charge in [0.05, 0.1) is 23.9 Å². The number of carbonyl (C=O) groups excluding carboxylic acids is 3. The van der Waals surface area contributed by atoms with Gasteiger partial charge < -0.3 is 20.5 Å². The number of nitrogen functional groups attached to an aromatic ring is 1. The number of hydrogen-bond acceptors (Lipinski definition) is 10. The highest BCUT2D eigenvalue weighted by Gasteiger charge is 2.43. The first-order chi connectivity index (χ1) is 24.4. The van der Waals surface area contributed by atoms with Crippen LogP contribution in [0.1, 0.15) is 68.6 Å². The highest BCUT2D eigenvalue weighted by molar-refractivity contribution is 5.99. The number of alkyl halides is 3. The number of rotatable bonds is 9. The van der Waals surface area contributed by atoms with Crippen molar-refractivity contribution in [2.45, 2.75) is 77.9 Å². The van der Waals surface area contributed by atoms with Gasteiger partial charge in [-0.2, -0.15) is 18.2 Å². The standard InChI is InChI=1S/C33H36F3N7O6.ClH/c1-31(2,3)48-22-13-7-18(8-14-22)15-23(28(46)49-32(4,5)6)40-26(44)19-9-11-21(12-10-19)43(29(47)33(34,35)36)17-20-16-38-25-24(39-20)27(45)42-30(37)41-25;/h7-14,16,23H,15,17H2,1-6H3,(H,40,44)(H3,37,38,41,42,45);1H/t23-;/m0./s1/i7D,8D,13D,14D;. The van der Waals surface area contributed by atoms with Gasteiger partial charge in [0.25, 0.3) is 11.5 Å². The zero-order valence-electron chi connectivity index (χ0n) is 31.7. The molecule has 2 heterocycles. The highest BCUT2D eigenvalue weighted by atomic mass is 35.5. The Bertz CT molecular complexity index is 2110. The zero-order valence-corrected chi connectivity index (χ0v) is 28.6. The molecule has 0 radical (unpaired) electrons. The van der Waals surface area contributed by atoms with Crippen LogP contribution in [0.3, 0.4) is 0 Å². The van der Waals surface area contributed by atoms with Crippen LogP contribution < -0.4 is 26.2 Å². The van der Waals surface area contributed by atoms with Gasteiger partial charge in [-0.05, 0) is 83.5 Å². The summed E-state index contributed by atoms with van der Waals surface area (Å²) in [6.07, 6.45) is -4.85. The second-order valence-electron chi connectivity index (χ2n) is 12.7. The fraction of sp³-hybridized carbons (Fsp3) is 0.364. The summed E-state index contributed by atoms with van der Waals surface area (Å²) in [5.41, 5.74) is 1.37. The summed E-state index contributed by atoms with van der Waals surface area (Å²) in [6.45, 7) is 8.90. The lowest BCUT2D eigenvalue weighted by molar-refractivity contribution is -0.170. The maximum atomic E-state index is 13.7. The Balaban J connectivity index is 0.00000784. The molecule has 0 bridgehead atoms. The van der Waals surface area contributed by atoms with Gasteiger partial charge in [-0.15, -0.1) is 12.4 Å². The normalized spacial score (nSPS) is 13.5. The summed E-state index contributed by atoms with van der Waals surface area (Å²) in [7, 11) is 0. The number of aromatic nitrogens is 4. The number of fused-ring (bicyclic) bond motifs is 1. The van der Waals surface area contributed by atoms with E-state index in [-0.39, 0.29) is 57.8 Å². The largest absolute Gasteiger partial charge is 0.488 e. The Kier molecular flexibility index (Phi) is 10.0. The lowest BCUT2D eigenvalue weighted by atomic mass is 10.0. The van der Waals surface area contributed by atoms with Crippen LogP contribution in [0.2, 0.25) is 0 Å². The lowest BCUT2D eigenvalue weighted by Gasteiger charge is -2.25. The molecule has 0 aliphatic rings. The maximum Gasteiger partial charge on any atom is 0.471 e. The molecule has 4 aromatic rings. The number of nitrogens with two attached hydrogens (primary N) is 1. The van der Waals surface area contributed by atoms with Gasteiger partial charge in [0.15, 0.2) is 11.2 Å². The van der Waals surface area contributed by atoms with E-state index in [1.54, 1.807) is 41.5 Å². The molecular weight excluding hydrogens is 683 g/mol. The van der Waals surface area contributed by atoms with E-state index in [9.17, 15) is 32.3 Å². The first-order valence-electron chi connectivity index (χ1n) is 16.7. The van der Waals surface area contributed by atoms with Gasteiger partial charge in [-0.1, -0.05) is 12.1 Å². The molecule has 0 unspecified atom stereocenters. The lowest BCUT2D eigenvalue weighted by Crippen LogP contribution is -2.45. The first kappa shape index (κ1) is 33.3. The molecule has 0 spiro atoms. The fourth-order valence-electron chi connectivity index (χ4n) is 4.23. The average molecular weight is 724 g/mol. The fourth-order valence-corrected chi connectivity index (χ4v) is 4.23.